The summed E-state index contributed by atoms with van der Waals surface area (Å²) in [5.74, 6) is -0.599. The highest BCUT2D eigenvalue weighted by molar-refractivity contribution is 6.31. The fourth-order valence-electron chi connectivity index (χ4n) is 2.42. The molecule has 7 nitrogen and oxygen atoms in total. The normalized spacial score (nSPS) is 11.7. The Kier molecular flexibility index (Phi) is 4.68. The molecule has 0 aliphatic carbocycles. The maximum atomic E-state index is 13.1. The van der Waals surface area contributed by atoms with Gasteiger partial charge in [-0.3, -0.25) is 9.48 Å². The van der Waals surface area contributed by atoms with Gasteiger partial charge in [0.05, 0.1) is 28.7 Å². The van der Waals surface area contributed by atoms with Gasteiger partial charge in [-0.15, -0.1) is 9.90 Å². The highest BCUT2D eigenvalue weighted by Crippen LogP contribution is 2.37. The Hall–Kier alpha value is -2.88. The standard InChI is InChI=1S/C16H14ClF3N6O/c1-9-14(23-26(22-9)11-7-21-24(2)8-11)15(27)25(3)10-4-5-13(17)12(6-10)16(18,19)20/h4-8H,1-3H3. The second-order valence-electron chi connectivity index (χ2n) is 5.82. The van der Waals surface area contributed by atoms with Gasteiger partial charge in [0, 0.05) is 19.8 Å². The van der Waals surface area contributed by atoms with E-state index in [1.54, 1.807) is 24.9 Å². The first-order chi connectivity index (χ1) is 12.6. The molecule has 0 spiro atoms. The van der Waals surface area contributed by atoms with Crippen LogP contribution < -0.4 is 4.90 Å². The summed E-state index contributed by atoms with van der Waals surface area (Å²) in [6, 6.07) is 3.25. The third-order valence-corrected chi connectivity index (χ3v) is 4.18. The number of carbonyl (C=O) groups is 1. The molecule has 11 heteroatoms. The Morgan fingerprint density at radius 2 is 1.96 bits per heavy atom. The Labute approximate surface area is 156 Å². The Bertz CT molecular complexity index is 1010. The van der Waals surface area contributed by atoms with Crippen LogP contribution in [-0.4, -0.2) is 37.7 Å². The zero-order valence-electron chi connectivity index (χ0n) is 14.5. The highest BCUT2D eigenvalue weighted by Gasteiger charge is 2.34. The lowest BCUT2D eigenvalue weighted by Crippen LogP contribution is -2.27. The van der Waals surface area contributed by atoms with E-state index in [0.717, 1.165) is 17.0 Å². The van der Waals surface area contributed by atoms with Crippen LogP contribution in [0.3, 0.4) is 0 Å². The molecule has 0 fully saturated rings. The van der Waals surface area contributed by atoms with Crippen molar-refractivity contribution in [2.75, 3.05) is 11.9 Å². The van der Waals surface area contributed by atoms with E-state index in [-0.39, 0.29) is 11.4 Å². The molecular formula is C16H14ClF3N6O. The number of aryl methyl sites for hydroxylation is 2. The smallest absolute Gasteiger partial charge is 0.310 e. The van der Waals surface area contributed by atoms with Crippen LogP contribution >= 0.6 is 11.6 Å². The summed E-state index contributed by atoms with van der Waals surface area (Å²) < 4.78 is 40.7. The number of benzene rings is 1. The molecule has 0 atom stereocenters. The minimum absolute atomic E-state index is 0.0184. The molecular weight excluding hydrogens is 385 g/mol. The van der Waals surface area contributed by atoms with Gasteiger partial charge in [0.15, 0.2) is 5.69 Å². The van der Waals surface area contributed by atoms with Crippen molar-refractivity contribution >= 4 is 23.2 Å². The topological polar surface area (TPSA) is 68.8 Å². The van der Waals surface area contributed by atoms with Crippen molar-refractivity contribution in [1.29, 1.82) is 0 Å². The quantitative estimate of drug-likeness (QED) is 0.679. The number of alkyl halides is 3. The number of amides is 1. The van der Waals surface area contributed by atoms with E-state index in [2.05, 4.69) is 15.3 Å². The summed E-state index contributed by atoms with van der Waals surface area (Å²) in [5.41, 5.74) is -0.0807. The van der Waals surface area contributed by atoms with Crippen molar-refractivity contribution in [2.45, 2.75) is 13.1 Å². The van der Waals surface area contributed by atoms with Crippen LogP contribution in [-0.2, 0) is 13.2 Å². The molecule has 0 saturated heterocycles. The van der Waals surface area contributed by atoms with Crippen molar-refractivity contribution < 1.29 is 18.0 Å². The van der Waals surface area contributed by atoms with E-state index in [9.17, 15) is 18.0 Å². The number of anilines is 1. The van der Waals surface area contributed by atoms with E-state index < -0.39 is 22.7 Å². The summed E-state index contributed by atoms with van der Waals surface area (Å²) in [6.07, 6.45) is -1.45. The molecule has 2 aromatic heterocycles. The number of hydrogen-bond acceptors (Lipinski definition) is 4. The number of hydrogen-bond donors (Lipinski definition) is 0. The molecule has 0 saturated carbocycles. The minimum atomic E-state index is -4.63. The summed E-state index contributed by atoms with van der Waals surface area (Å²) in [7, 11) is 3.08. The number of nitrogens with zero attached hydrogens (tertiary/aromatic N) is 6. The predicted octanol–water partition coefficient (Wildman–Crippen LogP) is 3.26. The van der Waals surface area contributed by atoms with Crippen LogP contribution in [0.4, 0.5) is 18.9 Å². The van der Waals surface area contributed by atoms with Gasteiger partial charge in [-0.05, 0) is 25.1 Å². The molecule has 0 unspecified atom stereocenters. The van der Waals surface area contributed by atoms with Gasteiger partial charge in [-0.2, -0.15) is 23.4 Å². The fourth-order valence-corrected chi connectivity index (χ4v) is 2.64. The SMILES string of the molecule is Cc1nn(-c2cnn(C)c2)nc1C(=O)N(C)c1ccc(Cl)c(C(F)(F)F)c1. The first kappa shape index (κ1) is 18.9. The first-order valence-electron chi connectivity index (χ1n) is 7.65. The van der Waals surface area contributed by atoms with Crippen LogP contribution in [0.2, 0.25) is 5.02 Å². The molecule has 0 radical (unpaired) electrons. The van der Waals surface area contributed by atoms with Crippen LogP contribution in [0.25, 0.3) is 5.69 Å². The fraction of sp³-hybridized carbons (Fsp3) is 0.250. The Morgan fingerprint density at radius 1 is 1.26 bits per heavy atom. The second-order valence-corrected chi connectivity index (χ2v) is 6.23. The minimum Gasteiger partial charge on any atom is -0.310 e. The number of halogens is 4. The third kappa shape index (κ3) is 3.65. The van der Waals surface area contributed by atoms with Crippen molar-refractivity contribution in [3.63, 3.8) is 0 Å². The van der Waals surface area contributed by atoms with Crippen molar-refractivity contribution in [1.82, 2.24) is 24.8 Å². The Morgan fingerprint density at radius 3 is 2.56 bits per heavy atom. The molecule has 3 rings (SSSR count). The first-order valence-corrected chi connectivity index (χ1v) is 8.03. The lowest BCUT2D eigenvalue weighted by atomic mass is 10.1. The summed E-state index contributed by atoms with van der Waals surface area (Å²) in [4.78, 5) is 15.0. The molecule has 0 bridgehead atoms. The lowest BCUT2D eigenvalue weighted by Gasteiger charge is -2.18. The van der Waals surface area contributed by atoms with E-state index in [4.69, 9.17) is 11.6 Å². The van der Waals surface area contributed by atoms with Gasteiger partial charge in [-0.25, -0.2) is 0 Å². The van der Waals surface area contributed by atoms with Crippen molar-refractivity contribution in [3.05, 3.63) is 52.6 Å². The summed E-state index contributed by atoms with van der Waals surface area (Å²) in [5, 5.41) is 11.9. The molecule has 2 heterocycles. The zero-order valence-corrected chi connectivity index (χ0v) is 15.2. The monoisotopic (exact) mass is 398 g/mol. The van der Waals surface area contributed by atoms with Crippen LogP contribution in [0.5, 0.6) is 0 Å². The summed E-state index contributed by atoms with van der Waals surface area (Å²) >= 11 is 5.62. The van der Waals surface area contributed by atoms with Crippen LogP contribution in [0.15, 0.2) is 30.6 Å². The van der Waals surface area contributed by atoms with E-state index in [1.165, 1.54) is 24.1 Å². The predicted molar refractivity (Wildman–Crippen MR) is 92.0 cm³/mol. The summed E-state index contributed by atoms with van der Waals surface area (Å²) in [6.45, 7) is 1.59. The average Bonchev–Trinajstić information content (AvgIpc) is 3.18. The third-order valence-electron chi connectivity index (χ3n) is 3.85. The number of rotatable bonds is 3. The molecule has 1 aromatic carbocycles. The molecule has 1 amide bonds. The average molecular weight is 399 g/mol. The van der Waals surface area contributed by atoms with E-state index in [1.807, 2.05) is 0 Å². The molecule has 0 N–H and O–H groups in total. The zero-order chi connectivity index (χ0) is 19.9. The highest BCUT2D eigenvalue weighted by atomic mass is 35.5. The maximum Gasteiger partial charge on any atom is 0.417 e. The molecule has 142 valence electrons. The molecule has 27 heavy (non-hydrogen) atoms. The van der Waals surface area contributed by atoms with E-state index in [0.29, 0.717) is 11.4 Å². The van der Waals surface area contributed by atoms with Gasteiger partial charge >= 0.3 is 6.18 Å². The van der Waals surface area contributed by atoms with Crippen LogP contribution in [0, 0.1) is 6.92 Å². The van der Waals surface area contributed by atoms with E-state index >= 15 is 0 Å². The number of carbonyl (C=O) groups excluding carboxylic acids is 1. The number of aromatic nitrogens is 5. The van der Waals surface area contributed by atoms with Gasteiger partial charge < -0.3 is 4.90 Å². The van der Waals surface area contributed by atoms with Crippen LogP contribution in [0.1, 0.15) is 21.7 Å². The largest absolute Gasteiger partial charge is 0.417 e. The molecule has 0 aliphatic heterocycles. The lowest BCUT2D eigenvalue weighted by molar-refractivity contribution is -0.137. The van der Waals surface area contributed by atoms with Crippen molar-refractivity contribution in [2.24, 2.45) is 7.05 Å². The van der Waals surface area contributed by atoms with Gasteiger partial charge in [0.2, 0.25) is 0 Å². The van der Waals surface area contributed by atoms with Crippen molar-refractivity contribution in [3.8, 4) is 5.69 Å². The maximum absolute atomic E-state index is 13.1. The van der Waals surface area contributed by atoms with Gasteiger partial charge in [0.1, 0.15) is 5.69 Å². The molecule has 0 aliphatic rings. The Balaban J connectivity index is 1.94. The molecule has 3 aromatic rings. The van der Waals surface area contributed by atoms with Gasteiger partial charge in [-0.1, -0.05) is 11.6 Å². The van der Waals surface area contributed by atoms with Gasteiger partial charge in [0.25, 0.3) is 5.91 Å². The second kappa shape index (κ2) is 6.69.